The van der Waals surface area contributed by atoms with Crippen LogP contribution in [-0.4, -0.2) is 43.6 Å². The van der Waals surface area contributed by atoms with Crippen LogP contribution in [0, 0.1) is 0 Å². The largest absolute Gasteiger partial charge is 0.465 e. The SMILES string of the molecule is COC(=O)c1ccc(C(=O)OC)c(NC(=O)[C@@]2(C)Cc3ccccc3C(=O)O2)c1. The number of benzene rings is 2. The van der Waals surface area contributed by atoms with Gasteiger partial charge in [-0.25, -0.2) is 14.4 Å². The van der Waals surface area contributed by atoms with Crippen LogP contribution < -0.4 is 5.32 Å². The van der Waals surface area contributed by atoms with Crippen molar-refractivity contribution in [2.24, 2.45) is 0 Å². The van der Waals surface area contributed by atoms with Gasteiger partial charge < -0.3 is 19.5 Å². The summed E-state index contributed by atoms with van der Waals surface area (Å²) in [5.41, 5.74) is -0.203. The maximum atomic E-state index is 13.0. The molecular formula is C21H19NO7. The van der Waals surface area contributed by atoms with Crippen LogP contribution in [0.1, 0.15) is 43.6 Å². The van der Waals surface area contributed by atoms with Crippen LogP contribution in [0.5, 0.6) is 0 Å². The summed E-state index contributed by atoms with van der Waals surface area (Å²) in [6.45, 7) is 1.48. The van der Waals surface area contributed by atoms with Gasteiger partial charge in [-0.2, -0.15) is 0 Å². The molecule has 1 N–H and O–H groups in total. The Kier molecular flexibility index (Phi) is 5.36. The summed E-state index contributed by atoms with van der Waals surface area (Å²) >= 11 is 0. The van der Waals surface area contributed by atoms with Crippen LogP contribution in [0.25, 0.3) is 0 Å². The average molecular weight is 397 g/mol. The normalized spacial score (nSPS) is 17.6. The molecule has 2 aromatic carbocycles. The number of fused-ring (bicyclic) bond motifs is 1. The Morgan fingerprint density at radius 1 is 1.03 bits per heavy atom. The van der Waals surface area contributed by atoms with Crippen molar-refractivity contribution in [2.45, 2.75) is 18.9 Å². The molecule has 0 fully saturated rings. The van der Waals surface area contributed by atoms with Gasteiger partial charge in [0.25, 0.3) is 5.91 Å². The summed E-state index contributed by atoms with van der Waals surface area (Å²) in [4.78, 5) is 49.2. The third-order valence-corrected chi connectivity index (χ3v) is 4.66. The van der Waals surface area contributed by atoms with Gasteiger partial charge in [0.1, 0.15) is 0 Å². The third-order valence-electron chi connectivity index (χ3n) is 4.66. The number of hydrogen-bond acceptors (Lipinski definition) is 7. The van der Waals surface area contributed by atoms with Crippen LogP contribution in [0.15, 0.2) is 42.5 Å². The van der Waals surface area contributed by atoms with Crippen molar-refractivity contribution in [1.82, 2.24) is 0 Å². The Balaban J connectivity index is 1.94. The highest BCUT2D eigenvalue weighted by Crippen LogP contribution is 2.30. The summed E-state index contributed by atoms with van der Waals surface area (Å²) < 4.78 is 14.8. The van der Waals surface area contributed by atoms with Crippen LogP contribution in [0.2, 0.25) is 0 Å². The lowest BCUT2D eigenvalue weighted by atomic mass is 9.89. The number of nitrogens with one attached hydrogen (secondary N) is 1. The molecule has 1 heterocycles. The lowest BCUT2D eigenvalue weighted by molar-refractivity contribution is -0.134. The van der Waals surface area contributed by atoms with E-state index in [0.717, 1.165) is 0 Å². The van der Waals surface area contributed by atoms with E-state index in [0.29, 0.717) is 11.1 Å². The van der Waals surface area contributed by atoms with Crippen molar-refractivity contribution in [3.05, 3.63) is 64.7 Å². The molecule has 0 bridgehead atoms. The highest BCUT2D eigenvalue weighted by atomic mass is 16.6. The van der Waals surface area contributed by atoms with Gasteiger partial charge >= 0.3 is 17.9 Å². The highest BCUT2D eigenvalue weighted by Gasteiger charge is 2.43. The summed E-state index contributed by atoms with van der Waals surface area (Å²) in [7, 11) is 2.41. The second kappa shape index (κ2) is 7.75. The molecule has 29 heavy (non-hydrogen) atoms. The van der Waals surface area contributed by atoms with Crippen LogP contribution in [0.4, 0.5) is 5.69 Å². The Bertz CT molecular complexity index is 1010. The molecule has 150 valence electrons. The first kappa shape index (κ1) is 20.1. The van der Waals surface area contributed by atoms with Gasteiger partial charge in [0.05, 0.1) is 36.6 Å². The van der Waals surface area contributed by atoms with Gasteiger partial charge in [0.2, 0.25) is 0 Å². The van der Waals surface area contributed by atoms with Gasteiger partial charge in [0.15, 0.2) is 5.60 Å². The second-order valence-electron chi connectivity index (χ2n) is 6.65. The topological polar surface area (TPSA) is 108 Å². The van der Waals surface area contributed by atoms with Crippen LogP contribution >= 0.6 is 0 Å². The molecular weight excluding hydrogens is 378 g/mol. The molecule has 1 amide bonds. The Morgan fingerprint density at radius 2 is 1.72 bits per heavy atom. The number of rotatable bonds is 4. The van der Waals surface area contributed by atoms with Gasteiger partial charge in [-0.15, -0.1) is 0 Å². The summed E-state index contributed by atoms with van der Waals surface area (Å²) in [6, 6.07) is 10.9. The minimum absolute atomic E-state index is 0.0413. The molecule has 0 aromatic heterocycles. The maximum Gasteiger partial charge on any atom is 0.339 e. The Hall–Kier alpha value is -3.68. The number of ether oxygens (including phenoxy) is 3. The first-order chi connectivity index (χ1) is 13.8. The van der Waals surface area contributed by atoms with E-state index in [4.69, 9.17) is 9.47 Å². The van der Waals surface area contributed by atoms with Crippen molar-refractivity contribution < 1.29 is 33.4 Å². The first-order valence-electron chi connectivity index (χ1n) is 8.72. The van der Waals surface area contributed by atoms with E-state index in [1.54, 1.807) is 24.3 Å². The predicted octanol–water partition coefficient (Wildman–Crippen LogP) is 2.37. The fraction of sp³-hybridized carbons (Fsp3) is 0.238. The minimum Gasteiger partial charge on any atom is -0.465 e. The van der Waals surface area contributed by atoms with Gasteiger partial charge in [-0.1, -0.05) is 18.2 Å². The lowest BCUT2D eigenvalue weighted by Crippen LogP contribution is -2.49. The van der Waals surface area contributed by atoms with Crippen molar-refractivity contribution in [3.63, 3.8) is 0 Å². The summed E-state index contributed by atoms with van der Waals surface area (Å²) in [5, 5.41) is 2.58. The molecule has 0 unspecified atom stereocenters. The predicted molar refractivity (Wildman–Crippen MR) is 102 cm³/mol. The number of anilines is 1. The molecule has 0 aliphatic carbocycles. The van der Waals surface area contributed by atoms with E-state index in [2.05, 4.69) is 10.1 Å². The molecule has 8 nitrogen and oxygen atoms in total. The quantitative estimate of drug-likeness (QED) is 0.623. The van der Waals surface area contributed by atoms with E-state index in [9.17, 15) is 19.2 Å². The average Bonchev–Trinajstić information content (AvgIpc) is 2.72. The van der Waals surface area contributed by atoms with Crippen molar-refractivity contribution in [1.29, 1.82) is 0 Å². The van der Waals surface area contributed by atoms with Gasteiger partial charge in [-0.3, -0.25) is 4.79 Å². The van der Waals surface area contributed by atoms with Gasteiger partial charge in [-0.05, 0) is 36.8 Å². The Labute approximate surface area is 166 Å². The minimum atomic E-state index is -1.50. The standard InChI is InChI=1S/C21H19NO7/c1-21(11-13-6-4-5-7-14(13)19(25)29-21)20(26)22-16-10-12(17(23)27-2)8-9-15(16)18(24)28-3/h4-10H,11H2,1-3H3,(H,22,26)/t21-/m1/s1. The number of carbonyl (C=O) groups is 4. The zero-order valence-corrected chi connectivity index (χ0v) is 16.1. The lowest BCUT2D eigenvalue weighted by Gasteiger charge is -2.33. The number of esters is 3. The molecule has 3 rings (SSSR count). The number of carbonyl (C=O) groups excluding carboxylic acids is 4. The molecule has 2 aromatic rings. The maximum absolute atomic E-state index is 13.0. The van der Waals surface area contributed by atoms with Crippen LogP contribution in [-0.2, 0) is 25.4 Å². The smallest absolute Gasteiger partial charge is 0.339 e. The monoisotopic (exact) mass is 397 g/mol. The van der Waals surface area contributed by atoms with Crippen molar-refractivity contribution in [2.75, 3.05) is 19.5 Å². The van der Waals surface area contributed by atoms with E-state index >= 15 is 0 Å². The molecule has 1 aliphatic heterocycles. The fourth-order valence-electron chi connectivity index (χ4n) is 3.09. The molecule has 0 saturated heterocycles. The van der Waals surface area contributed by atoms with E-state index in [-0.39, 0.29) is 23.2 Å². The molecule has 0 spiro atoms. The molecule has 8 heteroatoms. The van der Waals surface area contributed by atoms with Crippen molar-refractivity contribution in [3.8, 4) is 0 Å². The molecule has 1 atom stereocenters. The van der Waals surface area contributed by atoms with E-state index in [1.165, 1.54) is 39.3 Å². The van der Waals surface area contributed by atoms with E-state index < -0.39 is 29.4 Å². The number of methoxy groups -OCH3 is 2. The van der Waals surface area contributed by atoms with Crippen molar-refractivity contribution >= 4 is 29.5 Å². The number of hydrogen-bond donors (Lipinski definition) is 1. The van der Waals surface area contributed by atoms with E-state index in [1.807, 2.05) is 0 Å². The third kappa shape index (κ3) is 3.82. The second-order valence-corrected chi connectivity index (χ2v) is 6.65. The van der Waals surface area contributed by atoms with Gasteiger partial charge in [0, 0.05) is 6.42 Å². The van der Waals surface area contributed by atoms with Crippen LogP contribution in [0.3, 0.4) is 0 Å². The zero-order valence-electron chi connectivity index (χ0n) is 16.1. The highest BCUT2D eigenvalue weighted by molar-refractivity contribution is 6.07. The molecule has 0 saturated carbocycles. The number of cyclic esters (lactones) is 1. The molecule has 0 radical (unpaired) electrons. The fourth-order valence-corrected chi connectivity index (χ4v) is 3.09. The zero-order chi connectivity index (χ0) is 21.2. The Morgan fingerprint density at radius 3 is 2.41 bits per heavy atom. The first-order valence-corrected chi connectivity index (χ1v) is 8.72. The summed E-state index contributed by atoms with van der Waals surface area (Å²) in [5.74, 6) is -2.59. The number of amides is 1. The summed E-state index contributed by atoms with van der Waals surface area (Å²) in [6.07, 6.45) is 0.158. The molecule has 1 aliphatic rings.